The van der Waals surface area contributed by atoms with Crippen LogP contribution < -0.4 is 4.74 Å². The Morgan fingerprint density at radius 3 is 2.95 bits per heavy atom. The van der Waals surface area contributed by atoms with Gasteiger partial charge in [0.1, 0.15) is 40.4 Å². The molecule has 4 heterocycles. The topological polar surface area (TPSA) is 49.2 Å². The second-order valence-electron chi connectivity index (χ2n) is 5.65. The number of fused-ring (bicyclic) bond motifs is 6. The van der Waals surface area contributed by atoms with E-state index in [9.17, 15) is 0 Å². The van der Waals surface area contributed by atoms with E-state index in [2.05, 4.69) is 36.5 Å². The van der Waals surface area contributed by atoms with E-state index in [1.807, 2.05) is 30.3 Å². The van der Waals surface area contributed by atoms with Crippen molar-refractivity contribution in [2.45, 2.75) is 12.1 Å². The summed E-state index contributed by atoms with van der Waals surface area (Å²) in [5.74, 6) is 1.81. The first kappa shape index (κ1) is 12.6. The van der Waals surface area contributed by atoms with E-state index in [4.69, 9.17) is 9.47 Å². The fourth-order valence-electron chi connectivity index (χ4n) is 3.46. The van der Waals surface area contributed by atoms with E-state index >= 15 is 0 Å². The number of hydrogen-bond donors (Lipinski definition) is 0. The highest BCUT2D eigenvalue weighted by Gasteiger charge is 2.47. The fourth-order valence-corrected chi connectivity index (χ4v) is 3.76. The van der Waals surface area contributed by atoms with Crippen molar-refractivity contribution in [1.82, 2.24) is 14.5 Å². The zero-order valence-electron chi connectivity index (χ0n) is 11.6. The van der Waals surface area contributed by atoms with Gasteiger partial charge >= 0.3 is 0 Å². The third-order valence-corrected chi connectivity index (χ3v) is 4.84. The predicted molar refractivity (Wildman–Crippen MR) is 83.9 cm³/mol. The summed E-state index contributed by atoms with van der Waals surface area (Å²) in [6, 6.07) is 12.0. The Kier molecular flexibility index (Phi) is 2.46. The predicted octanol–water partition coefficient (Wildman–Crippen LogP) is 2.86. The van der Waals surface area contributed by atoms with Gasteiger partial charge in [-0.15, -0.1) is 0 Å². The highest BCUT2D eigenvalue weighted by Crippen LogP contribution is 2.44. The lowest BCUT2D eigenvalue weighted by molar-refractivity contribution is 0.0134. The minimum absolute atomic E-state index is 0.382. The maximum Gasteiger partial charge on any atom is 0.162 e. The number of para-hydroxylation sites is 1. The van der Waals surface area contributed by atoms with Crippen LogP contribution in [-0.2, 0) is 16.9 Å². The first-order valence-corrected chi connectivity index (χ1v) is 7.92. The van der Waals surface area contributed by atoms with E-state index in [0.717, 1.165) is 32.9 Å². The average molecular weight is 358 g/mol. The minimum atomic E-state index is -0.382. The van der Waals surface area contributed by atoms with Crippen molar-refractivity contribution in [3.8, 4) is 5.75 Å². The highest BCUT2D eigenvalue weighted by atomic mass is 79.9. The largest absolute Gasteiger partial charge is 0.490 e. The lowest BCUT2D eigenvalue weighted by Gasteiger charge is -2.34. The molecule has 0 N–H and O–H groups in total. The summed E-state index contributed by atoms with van der Waals surface area (Å²) in [7, 11) is 0. The number of halogens is 1. The normalized spacial score (nSPS) is 22.6. The Labute approximate surface area is 135 Å². The fraction of sp³-hybridized carbons (Fsp3) is 0.250. The van der Waals surface area contributed by atoms with Crippen LogP contribution in [0.4, 0.5) is 0 Å². The van der Waals surface area contributed by atoms with Gasteiger partial charge in [0.2, 0.25) is 0 Å². The Morgan fingerprint density at radius 2 is 2.00 bits per heavy atom. The van der Waals surface area contributed by atoms with Gasteiger partial charge in [0.25, 0.3) is 0 Å². The van der Waals surface area contributed by atoms with Gasteiger partial charge in [-0.25, -0.2) is 9.97 Å². The lowest BCUT2D eigenvalue weighted by Crippen LogP contribution is -2.45. The van der Waals surface area contributed by atoms with Crippen LogP contribution in [0.5, 0.6) is 5.75 Å². The SMILES string of the molecule is Brc1ccc2nc3n(c2n1)[C@@]1(COC3)COc2ccccc21. The molecule has 0 saturated carbocycles. The van der Waals surface area contributed by atoms with Crippen LogP contribution in [0.25, 0.3) is 11.2 Å². The van der Waals surface area contributed by atoms with Crippen molar-refractivity contribution in [1.29, 1.82) is 0 Å². The zero-order chi connectivity index (χ0) is 14.7. The number of pyridine rings is 1. The van der Waals surface area contributed by atoms with Crippen molar-refractivity contribution in [3.63, 3.8) is 0 Å². The molecule has 1 aromatic carbocycles. The molecule has 0 unspecified atom stereocenters. The second kappa shape index (κ2) is 4.30. The Balaban J connectivity index is 1.86. The molecule has 0 fully saturated rings. The van der Waals surface area contributed by atoms with Crippen LogP contribution in [0.2, 0.25) is 0 Å². The summed E-state index contributed by atoms with van der Waals surface area (Å²) in [6.07, 6.45) is 0. The van der Waals surface area contributed by atoms with Crippen molar-refractivity contribution in [2.75, 3.05) is 13.2 Å². The molecule has 0 amide bonds. The second-order valence-corrected chi connectivity index (χ2v) is 6.46. The summed E-state index contributed by atoms with van der Waals surface area (Å²) >= 11 is 3.46. The highest BCUT2D eigenvalue weighted by molar-refractivity contribution is 9.10. The molecule has 2 aliphatic heterocycles. The standard InChI is InChI=1S/C16H12BrN3O2/c17-13-6-5-11-15(19-13)20-14(18-11)7-21-8-16(20)9-22-12-4-2-1-3-10(12)16/h1-6H,7-9H2/t16-/m0/s1. The molecule has 0 radical (unpaired) electrons. The van der Waals surface area contributed by atoms with Crippen LogP contribution in [-0.4, -0.2) is 27.7 Å². The third kappa shape index (κ3) is 1.51. The van der Waals surface area contributed by atoms with E-state index in [1.165, 1.54) is 0 Å². The third-order valence-electron chi connectivity index (χ3n) is 4.39. The van der Waals surface area contributed by atoms with Gasteiger partial charge < -0.3 is 9.47 Å². The van der Waals surface area contributed by atoms with Crippen LogP contribution in [0, 0.1) is 0 Å². The van der Waals surface area contributed by atoms with Crippen LogP contribution in [0.3, 0.4) is 0 Å². The first-order chi connectivity index (χ1) is 10.8. The van der Waals surface area contributed by atoms with Gasteiger partial charge in [0, 0.05) is 5.56 Å². The average Bonchev–Trinajstić information content (AvgIpc) is 3.08. The molecule has 1 spiro atoms. The Hall–Kier alpha value is -1.92. The molecule has 2 aliphatic rings. The van der Waals surface area contributed by atoms with Gasteiger partial charge in [0.05, 0.1) is 6.61 Å². The summed E-state index contributed by atoms with van der Waals surface area (Å²) in [6.45, 7) is 1.60. The molecule has 0 saturated heterocycles. The summed E-state index contributed by atoms with van der Waals surface area (Å²) in [4.78, 5) is 9.33. The first-order valence-electron chi connectivity index (χ1n) is 7.12. The molecule has 6 heteroatoms. The van der Waals surface area contributed by atoms with Gasteiger partial charge in [0.15, 0.2) is 5.65 Å². The molecule has 2 aromatic heterocycles. The summed E-state index contributed by atoms with van der Waals surface area (Å²) in [5.41, 5.74) is 2.50. The van der Waals surface area contributed by atoms with E-state index in [1.54, 1.807) is 0 Å². The number of nitrogens with zero attached hydrogens (tertiary/aromatic N) is 3. The van der Waals surface area contributed by atoms with Crippen molar-refractivity contribution >= 4 is 27.1 Å². The lowest BCUT2D eigenvalue weighted by atomic mass is 9.91. The molecule has 5 nitrogen and oxygen atoms in total. The van der Waals surface area contributed by atoms with Gasteiger partial charge in [-0.3, -0.25) is 4.57 Å². The van der Waals surface area contributed by atoms with Crippen molar-refractivity contribution < 1.29 is 9.47 Å². The number of aromatic nitrogens is 3. The van der Waals surface area contributed by atoms with Crippen molar-refractivity contribution in [2.24, 2.45) is 0 Å². The number of benzene rings is 1. The van der Waals surface area contributed by atoms with Crippen LogP contribution in [0.1, 0.15) is 11.4 Å². The van der Waals surface area contributed by atoms with Gasteiger partial charge in [-0.2, -0.15) is 0 Å². The van der Waals surface area contributed by atoms with Gasteiger partial charge in [-0.1, -0.05) is 18.2 Å². The molecule has 3 aromatic rings. The maximum atomic E-state index is 5.93. The quantitative estimate of drug-likeness (QED) is 0.580. The summed E-state index contributed by atoms with van der Waals surface area (Å²) in [5, 5.41) is 0. The molecular formula is C16H12BrN3O2. The van der Waals surface area contributed by atoms with Crippen LogP contribution >= 0.6 is 15.9 Å². The molecule has 0 bridgehead atoms. The van der Waals surface area contributed by atoms with Crippen LogP contribution in [0.15, 0.2) is 41.0 Å². The van der Waals surface area contributed by atoms with E-state index < -0.39 is 0 Å². The molecule has 5 rings (SSSR count). The Morgan fingerprint density at radius 1 is 1.09 bits per heavy atom. The maximum absolute atomic E-state index is 5.93. The molecular weight excluding hydrogens is 346 g/mol. The van der Waals surface area contributed by atoms with E-state index in [0.29, 0.717) is 19.8 Å². The minimum Gasteiger partial charge on any atom is -0.490 e. The van der Waals surface area contributed by atoms with Gasteiger partial charge in [-0.05, 0) is 34.1 Å². The van der Waals surface area contributed by atoms with Crippen molar-refractivity contribution in [3.05, 3.63) is 52.4 Å². The number of ether oxygens (including phenoxy) is 2. The smallest absolute Gasteiger partial charge is 0.162 e. The number of rotatable bonds is 0. The number of hydrogen-bond acceptors (Lipinski definition) is 4. The Bertz CT molecular complexity index is 908. The summed E-state index contributed by atoms with van der Waals surface area (Å²) < 4.78 is 14.8. The molecule has 110 valence electrons. The molecule has 1 atom stereocenters. The zero-order valence-corrected chi connectivity index (χ0v) is 13.2. The monoisotopic (exact) mass is 357 g/mol. The molecule has 0 aliphatic carbocycles. The van der Waals surface area contributed by atoms with E-state index in [-0.39, 0.29) is 5.54 Å². The number of imidazole rings is 1. The molecule has 22 heavy (non-hydrogen) atoms.